The van der Waals surface area contributed by atoms with E-state index < -0.39 is 21.5 Å². The summed E-state index contributed by atoms with van der Waals surface area (Å²) >= 11 is 3.41. The van der Waals surface area contributed by atoms with Crippen molar-refractivity contribution in [3.05, 3.63) is 46.5 Å². The van der Waals surface area contributed by atoms with E-state index in [1.165, 1.54) is 7.11 Å². The molecule has 1 aliphatic rings. The third-order valence-corrected chi connectivity index (χ3v) is 4.82. The molecule has 7 heteroatoms. The molecule has 0 aliphatic heterocycles. The molecule has 22 heavy (non-hydrogen) atoms. The van der Waals surface area contributed by atoms with Crippen molar-refractivity contribution in [2.24, 2.45) is 5.41 Å². The molecule has 5 nitrogen and oxygen atoms in total. The average molecular weight is 388 g/mol. The van der Waals surface area contributed by atoms with Crippen LogP contribution in [0.4, 0.5) is 0 Å². The third kappa shape index (κ3) is 4.18. The van der Waals surface area contributed by atoms with Crippen molar-refractivity contribution < 1.29 is 17.9 Å². The summed E-state index contributed by atoms with van der Waals surface area (Å²) in [5.41, 5.74) is 0.127. The maximum Gasteiger partial charge on any atom is 0.316 e. The number of nitrogens with one attached hydrogen (secondary N) is 1. The van der Waals surface area contributed by atoms with Crippen LogP contribution in [-0.2, 0) is 26.0 Å². The molecular formula is C15H18BrNO4S. The standard InChI is InChI=1S/C15H18BrNO4S/c1-21-14(18)15(9-11-4-3-5-12(16)8-11)7-6-13(10-15)17-22(2,19)20/h3-8,13,17H,9-10H2,1-2H3/t13-,15+/m0/s1. The summed E-state index contributed by atoms with van der Waals surface area (Å²) in [6, 6.07) is 7.28. The zero-order valence-corrected chi connectivity index (χ0v) is 14.8. The van der Waals surface area contributed by atoms with Crippen molar-refractivity contribution in [1.82, 2.24) is 4.72 Å². The maximum atomic E-state index is 12.3. The number of ether oxygens (including phenoxy) is 1. The normalized spacial score (nSPS) is 24.4. The summed E-state index contributed by atoms with van der Waals surface area (Å²) in [5, 5.41) is 0. The van der Waals surface area contributed by atoms with E-state index in [9.17, 15) is 13.2 Å². The van der Waals surface area contributed by atoms with E-state index in [2.05, 4.69) is 20.7 Å². The minimum atomic E-state index is -3.33. The van der Waals surface area contributed by atoms with Gasteiger partial charge in [0.05, 0.1) is 18.8 Å². The van der Waals surface area contributed by atoms with E-state index in [1.54, 1.807) is 12.2 Å². The van der Waals surface area contributed by atoms with Crippen LogP contribution in [0, 0.1) is 5.41 Å². The fourth-order valence-electron chi connectivity index (χ4n) is 2.75. The van der Waals surface area contributed by atoms with Gasteiger partial charge in [-0.3, -0.25) is 4.79 Å². The Morgan fingerprint density at radius 3 is 2.82 bits per heavy atom. The lowest BCUT2D eigenvalue weighted by Gasteiger charge is -2.26. The highest BCUT2D eigenvalue weighted by Gasteiger charge is 2.43. The maximum absolute atomic E-state index is 12.3. The van der Waals surface area contributed by atoms with Crippen LogP contribution in [0.3, 0.4) is 0 Å². The quantitative estimate of drug-likeness (QED) is 0.619. The highest BCUT2D eigenvalue weighted by Crippen LogP contribution is 2.37. The predicted octanol–water partition coefficient (Wildman–Crippen LogP) is 2.03. The lowest BCUT2D eigenvalue weighted by molar-refractivity contribution is -0.149. The molecule has 0 amide bonds. The predicted molar refractivity (Wildman–Crippen MR) is 87.8 cm³/mol. The van der Waals surface area contributed by atoms with E-state index in [4.69, 9.17) is 4.74 Å². The van der Waals surface area contributed by atoms with Gasteiger partial charge in [-0.2, -0.15) is 0 Å². The molecule has 1 aromatic rings. The van der Waals surface area contributed by atoms with E-state index >= 15 is 0 Å². The lowest BCUT2D eigenvalue weighted by atomic mass is 9.80. The zero-order chi connectivity index (χ0) is 16.4. The Bertz CT molecular complexity index is 701. The fourth-order valence-corrected chi connectivity index (χ4v) is 3.91. The van der Waals surface area contributed by atoms with E-state index in [0.29, 0.717) is 12.8 Å². The third-order valence-electron chi connectivity index (χ3n) is 3.60. The summed E-state index contributed by atoms with van der Waals surface area (Å²) in [6.45, 7) is 0. The molecule has 0 saturated heterocycles. The SMILES string of the molecule is COC(=O)[C@@]1(Cc2cccc(Br)c2)C=C[C@H](NS(C)(=O)=O)C1. The molecule has 2 rings (SSSR count). The molecular weight excluding hydrogens is 370 g/mol. The Morgan fingerprint density at radius 1 is 1.50 bits per heavy atom. The average Bonchev–Trinajstić information content (AvgIpc) is 2.79. The van der Waals surface area contributed by atoms with Gasteiger partial charge >= 0.3 is 5.97 Å². The van der Waals surface area contributed by atoms with Gasteiger partial charge in [-0.05, 0) is 30.5 Å². The Balaban J connectivity index is 2.24. The molecule has 0 saturated carbocycles. The molecule has 0 radical (unpaired) electrons. The topological polar surface area (TPSA) is 72.5 Å². The number of hydrogen-bond acceptors (Lipinski definition) is 4. The number of carbonyl (C=O) groups is 1. The Morgan fingerprint density at radius 2 is 2.23 bits per heavy atom. The molecule has 0 aromatic heterocycles. The number of methoxy groups -OCH3 is 1. The van der Waals surface area contributed by atoms with Crippen molar-refractivity contribution in [3.63, 3.8) is 0 Å². The number of rotatable bonds is 5. The number of benzene rings is 1. The van der Waals surface area contributed by atoms with Crippen molar-refractivity contribution >= 4 is 31.9 Å². The molecule has 1 aliphatic carbocycles. The van der Waals surface area contributed by atoms with Gasteiger partial charge in [0.15, 0.2) is 0 Å². The number of esters is 1. The van der Waals surface area contributed by atoms with Gasteiger partial charge in [0.1, 0.15) is 0 Å². The minimum Gasteiger partial charge on any atom is -0.468 e. The van der Waals surface area contributed by atoms with E-state index in [-0.39, 0.29) is 5.97 Å². The first-order valence-corrected chi connectivity index (χ1v) is 9.42. The van der Waals surface area contributed by atoms with Gasteiger partial charge in [-0.1, -0.05) is 40.2 Å². The fraction of sp³-hybridized carbons (Fsp3) is 0.400. The van der Waals surface area contributed by atoms with Crippen LogP contribution in [0.5, 0.6) is 0 Å². The molecule has 2 atom stereocenters. The minimum absolute atomic E-state index is 0.346. The summed E-state index contributed by atoms with van der Waals surface area (Å²) in [6.07, 6.45) is 5.38. The second-order valence-corrected chi connectivity index (χ2v) is 8.21. The first-order valence-electron chi connectivity index (χ1n) is 6.74. The molecule has 0 fully saturated rings. The number of carbonyl (C=O) groups excluding carboxylic acids is 1. The summed E-state index contributed by atoms with van der Waals surface area (Å²) in [7, 11) is -1.99. The van der Waals surface area contributed by atoms with Gasteiger partial charge in [0.25, 0.3) is 0 Å². The van der Waals surface area contributed by atoms with Gasteiger partial charge < -0.3 is 4.74 Å². The van der Waals surface area contributed by atoms with Crippen LogP contribution in [0.1, 0.15) is 12.0 Å². The van der Waals surface area contributed by atoms with Crippen LogP contribution in [-0.4, -0.2) is 33.8 Å². The highest BCUT2D eigenvalue weighted by atomic mass is 79.9. The number of hydrogen-bond donors (Lipinski definition) is 1. The molecule has 1 aromatic carbocycles. The van der Waals surface area contributed by atoms with Gasteiger partial charge in [-0.15, -0.1) is 0 Å². The van der Waals surface area contributed by atoms with Gasteiger partial charge in [0, 0.05) is 10.5 Å². The molecule has 0 spiro atoms. The van der Waals surface area contributed by atoms with Gasteiger partial charge in [0.2, 0.25) is 10.0 Å². The monoisotopic (exact) mass is 387 g/mol. The van der Waals surface area contributed by atoms with Crippen molar-refractivity contribution in [2.45, 2.75) is 18.9 Å². The van der Waals surface area contributed by atoms with Crippen LogP contribution in [0.15, 0.2) is 40.9 Å². The first-order chi connectivity index (χ1) is 10.2. The van der Waals surface area contributed by atoms with Crippen molar-refractivity contribution in [3.8, 4) is 0 Å². The molecule has 120 valence electrons. The first kappa shape index (κ1) is 17.2. The summed E-state index contributed by atoms with van der Waals surface area (Å²) < 4.78 is 31.1. The zero-order valence-electron chi connectivity index (χ0n) is 12.4. The smallest absolute Gasteiger partial charge is 0.316 e. The largest absolute Gasteiger partial charge is 0.468 e. The van der Waals surface area contributed by atoms with Crippen LogP contribution in [0.2, 0.25) is 0 Å². The molecule has 0 unspecified atom stereocenters. The van der Waals surface area contributed by atoms with E-state index in [1.807, 2.05) is 24.3 Å². The number of sulfonamides is 1. The Hall–Kier alpha value is -1.18. The second kappa shape index (κ2) is 6.52. The Labute approximate surface area is 138 Å². The van der Waals surface area contributed by atoms with Crippen LogP contribution < -0.4 is 4.72 Å². The molecule has 0 bridgehead atoms. The van der Waals surface area contributed by atoms with Gasteiger partial charge in [-0.25, -0.2) is 13.1 Å². The van der Waals surface area contributed by atoms with Crippen molar-refractivity contribution in [1.29, 1.82) is 0 Å². The highest BCUT2D eigenvalue weighted by molar-refractivity contribution is 9.10. The number of halogens is 1. The van der Waals surface area contributed by atoms with Crippen molar-refractivity contribution in [2.75, 3.05) is 13.4 Å². The Kier molecular flexibility index (Phi) is 5.09. The summed E-state index contributed by atoms with van der Waals surface area (Å²) in [4.78, 5) is 12.3. The van der Waals surface area contributed by atoms with E-state index in [0.717, 1.165) is 16.3 Å². The molecule has 0 heterocycles. The van der Waals surface area contributed by atoms with Crippen LogP contribution >= 0.6 is 15.9 Å². The summed E-state index contributed by atoms with van der Waals surface area (Å²) in [5.74, 6) is -0.360. The van der Waals surface area contributed by atoms with Crippen LogP contribution in [0.25, 0.3) is 0 Å². The lowest BCUT2D eigenvalue weighted by Crippen LogP contribution is -2.38. The second-order valence-electron chi connectivity index (χ2n) is 5.51. The molecule has 1 N–H and O–H groups in total.